The van der Waals surface area contributed by atoms with Gasteiger partial charge in [-0.15, -0.1) is 69.1 Å². The van der Waals surface area contributed by atoms with E-state index in [1.807, 2.05) is 36.4 Å². The van der Waals surface area contributed by atoms with Gasteiger partial charge in [0.1, 0.15) is 0 Å². The molecule has 8 aromatic carbocycles. The zero-order valence-corrected chi connectivity index (χ0v) is 34.1. The molecule has 0 spiro atoms. The maximum absolute atomic E-state index is 2.26. The summed E-state index contributed by atoms with van der Waals surface area (Å²) >= 11 is 0. The maximum Gasteiger partial charge on any atom is 2.00 e. The summed E-state index contributed by atoms with van der Waals surface area (Å²) in [4.78, 5) is 0. The fourth-order valence-electron chi connectivity index (χ4n) is 5.97. The van der Waals surface area contributed by atoms with E-state index in [4.69, 9.17) is 0 Å². The Bertz CT molecular complexity index is 2080. The molecule has 254 valence electrons. The first kappa shape index (κ1) is 39.9. The molecule has 0 aliphatic heterocycles. The number of fused-ring (bicyclic) bond motifs is 2. The predicted molar refractivity (Wildman–Crippen MR) is 228 cm³/mol. The molecule has 0 fully saturated rings. The minimum absolute atomic E-state index is 0. The van der Waals surface area contributed by atoms with Crippen LogP contribution in [0.25, 0.3) is 56.0 Å². The molecule has 52 heavy (non-hydrogen) atoms. The number of rotatable bonds is 5. The van der Waals surface area contributed by atoms with Crippen molar-refractivity contribution in [2.75, 3.05) is 0 Å². The van der Waals surface area contributed by atoms with Gasteiger partial charge in [0.05, 0.1) is 0 Å². The Morgan fingerprint density at radius 1 is 0.423 bits per heavy atom. The van der Waals surface area contributed by atoms with Crippen molar-refractivity contribution >= 4 is 43.2 Å². The van der Waals surface area contributed by atoms with E-state index in [0.29, 0.717) is 0 Å². The predicted octanol–water partition coefficient (Wildman–Crippen LogP) is 14.3. The normalized spacial score (nSPS) is 10.5. The van der Waals surface area contributed by atoms with E-state index in [-0.39, 0.29) is 26.2 Å². The number of aryl methyl sites for hydroxylation is 2. The molecular formula is C50H46SiZr. The topological polar surface area (TPSA) is 0 Å². The molecule has 0 saturated carbocycles. The van der Waals surface area contributed by atoms with Gasteiger partial charge < -0.3 is 0 Å². The van der Waals surface area contributed by atoms with Gasteiger partial charge >= 0.3 is 26.2 Å². The molecule has 0 unspecified atom stereocenters. The van der Waals surface area contributed by atoms with Gasteiger partial charge in [-0.05, 0) is 22.3 Å². The Labute approximate surface area is 332 Å². The average molecular weight is 766 g/mol. The first-order valence-corrected chi connectivity index (χ1v) is 19.5. The molecule has 8 aromatic rings. The smallest absolute Gasteiger partial charge is 0.165 e. The summed E-state index contributed by atoms with van der Waals surface area (Å²) in [6, 6.07) is 63.7. The van der Waals surface area contributed by atoms with Crippen LogP contribution in [-0.2, 0) is 26.2 Å². The van der Waals surface area contributed by atoms with Gasteiger partial charge in [0.25, 0.3) is 0 Å². The number of allylic oxidation sites excluding steroid dienone is 2. The van der Waals surface area contributed by atoms with Gasteiger partial charge in [0.15, 0.2) is 0 Å². The van der Waals surface area contributed by atoms with Crippen LogP contribution >= 0.6 is 0 Å². The molecule has 0 aliphatic carbocycles. The molecule has 0 aliphatic rings. The average Bonchev–Trinajstić information content (AvgIpc) is 3.76. The summed E-state index contributed by atoms with van der Waals surface area (Å²) in [5.41, 5.74) is 10.3. The van der Waals surface area contributed by atoms with Crippen molar-refractivity contribution in [2.24, 2.45) is 0 Å². The third-order valence-electron chi connectivity index (χ3n) is 8.25. The minimum atomic E-state index is 0. The summed E-state index contributed by atoms with van der Waals surface area (Å²) in [7, 11) is 1.08. The fraction of sp³-hybridized carbons (Fsp3) is 0.0800. The zero-order valence-electron chi connectivity index (χ0n) is 30.6. The Balaban J connectivity index is 0.000000166. The molecular weight excluding hydrogens is 720 g/mol. The molecule has 0 N–H and O–H groups in total. The van der Waals surface area contributed by atoms with Crippen molar-refractivity contribution in [3.8, 4) is 22.3 Å². The summed E-state index contributed by atoms with van der Waals surface area (Å²) in [6.07, 6.45) is 8.31. The van der Waals surface area contributed by atoms with Crippen LogP contribution in [0.4, 0.5) is 0 Å². The van der Waals surface area contributed by atoms with Crippen LogP contribution < -0.4 is 0 Å². The number of benzene rings is 6. The van der Waals surface area contributed by atoms with Crippen molar-refractivity contribution in [2.45, 2.75) is 26.9 Å². The molecule has 0 aromatic heterocycles. The second-order valence-electron chi connectivity index (χ2n) is 12.5. The maximum atomic E-state index is 2.26. The van der Waals surface area contributed by atoms with E-state index in [9.17, 15) is 0 Å². The Morgan fingerprint density at radius 2 is 0.750 bits per heavy atom. The van der Waals surface area contributed by atoms with E-state index in [1.165, 1.54) is 66.1 Å². The number of hydrogen-bond acceptors (Lipinski definition) is 0. The van der Waals surface area contributed by atoms with Gasteiger partial charge in [0.2, 0.25) is 0 Å². The second-order valence-corrected chi connectivity index (χ2v) is 13.5. The van der Waals surface area contributed by atoms with Crippen molar-refractivity contribution in [1.82, 2.24) is 0 Å². The van der Waals surface area contributed by atoms with E-state index < -0.39 is 0 Å². The molecule has 2 heteroatoms. The van der Waals surface area contributed by atoms with E-state index in [0.717, 1.165) is 9.52 Å². The molecule has 2 radical (unpaired) electrons. The zero-order chi connectivity index (χ0) is 35.7. The van der Waals surface area contributed by atoms with Crippen LogP contribution in [0, 0.1) is 13.8 Å². The third-order valence-corrected chi connectivity index (χ3v) is 8.25. The Kier molecular flexibility index (Phi) is 16.5. The van der Waals surface area contributed by atoms with Gasteiger partial charge in [-0.25, -0.2) is 0 Å². The van der Waals surface area contributed by atoms with Gasteiger partial charge in [-0.3, -0.25) is 0 Å². The molecule has 0 amide bonds. The van der Waals surface area contributed by atoms with Gasteiger partial charge in [-0.1, -0.05) is 196 Å². The standard InChI is InChI=1S/2C16H13.C16H14.C2H6Si.Zr/c2*1-12-10-14-8-5-9-15(16(14)11-12)13-6-3-2-4-7-13;1-3-9-15(10-4-1)13-7-8-14-16-11-5-2-6-12-16;1-3-2;/h2*2-11H,1H3;1-14H;1-2H3;/q2*-1;;;+2. The first-order chi connectivity index (χ1) is 25.1. The molecule has 0 nitrogen and oxygen atoms in total. The van der Waals surface area contributed by atoms with Gasteiger partial charge in [-0.2, -0.15) is 12.1 Å². The first-order valence-electron chi connectivity index (χ1n) is 17.5. The van der Waals surface area contributed by atoms with Crippen LogP contribution in [0.2, 0.25) is 13.1 Å². The largest absolute Gasteiger partial charge is 2.00 e. The summed E-state index contributed by atoms with van der Waals surface area (Å²) in [5.74, 6) is 0. The SMILES string of the molecule is C(C=Cc1ccccc1)=Cc1ccccc1.C[Si]C.Cc1cc2c(-c3ccccc3)cccc2[cH-]1.Cc1cc2c(-c3ccccc3)cccc2[cH-]1.[Zr+2]. The molecule has 8 rings (SSSR count). The van der Waals surface area contributed by atoms with E-state index in [2.05, 4.69) is 197 Å². The summed E-state index contributed by atoms with van der Waals surface area (Å²) < 4.78 is 0. The van der Waals surface area contributed by atoms with Crippen molar-refractivity contribution < 1.29 is 26.2 Å². The van der Waals surface area contributed by atoms with Crippen LogP contribution in [0.1, 0.15) is 22.3 Å². The second kappa shape index (κ2) is 21.5. The van der Waals surface area contributed by atoms with E-state index >= 15 is 0 Å². The third kappa shape index (κ3) is 11.8. The molecule has 0 bridgehead atoms. The van der Waals surface area contributed by atoms with Crippen LogP contribution in [0.15, 0.2) is 194 Å². The molecule has 0 heterocycles. The van der Waals surface area contributed by atoms with Crippen LogP contribution in [-0.4, -0.2) is 9.52 Å². The van der Waals surface area contributed by atoms with Crippen LogP contribution in [0.5, 0.6) is 0 Å². The molecule has 0 atom stereocenters. The fourth-order valence-corrected chi connectivity index (χ4v) is 5.97. The van der Waals surface area contributed by atoms with Gasteiger partial charge in [0, 0.05) is 9.52 Å². The summed E-state index contributed by atoms with van der Waals surface area (Å²) in [5, 5.41) is 5.37. The van der Waals surface area contributed by atoms with Crippen LogP contribution in [0.3, 0.4) is 0 Å². The Morgan fingerprint density at radius 3 is 1.10 bits per heavy atom. The van der Waals surface area contributed by atoms with E-state index in [1.54, 1.807) is 0 Å². The minimum Gasteiger partial charge on any atom is -0.165 e. The number of hydrogen-bond donors (Lipinski definition) is 0. The quantitative estimate of drug-likeness (QED) is 0.0930. The summed E-state index contributed by atoms with van der Waals surface area (Å²) in [6.45, 7) is 8.60. The Hall–Kier alpha value is -4.88. The van der Waals surface area contributed by atoms with Crippen molar-refractivity contribution in [3.63, 3.8) is 0 Å². The monoisotopic (exact) mass is 764 g/mol. The molecule has 0 saturated heterocycles. The van der Waals surface area contributed by atoms with Crippen molar-refractivity contribution in [3.05, 3.63) is 216 Å². The van der Waals surface area contributed by atoms with Crippen molar-refractivity contribution in [1.29, 1.82) is 0 Å².